The number of Topliss-reactive ketones (excluding diaryl/α,β-unsaturated/α-hetero) is 1. The number of halogens is 1. The fourth-order valence-electron chi connectivity index (χ4n) is 4.07. The summed E-state index contributed by atoms with van der Waals surface area (Å²) in [6.07, 6.45) is 2.20. The van der Waals surface area contributed by atoms with Crippen molar-refractivity contribution in [3.63, 3.8) is 0 Å². The van der Waals surface area contributed by atoms with Crippen molar-refractivity contribution in [2.45, 2.75) is 32.4 Å². The molecule has 166 valence electrons. The summed E-state index contributed by atoms with van der Waals surface area (Å²) < 4.78 is 19.1. The Morgan fingerprint density at radius 1 is 1.16 bits per heavy atom. The largest absolute Gasteiger partial charge is 0.507 e. The molecule has 1 aliphatic heterocycles. The molecule has 0 aliphatic carbocycles. The molecule has 2 N–H and O–H groups in total. The Hall–Kier alpha value is -3.45. The van der Waals surface area contributed by atoms with E-state index >= 15 is 0 Å². The number of likely N-dealkylation sites (tertiary alicyclic amines) is 1. The summed E-state index contributed by atoms with van der Waals surface area (Å²) in [5.41, 5.74) is 1.79. The van der Waals surface area contributed by atoms with Gasteiger partial charge in [0.2, 0.25) is 0 Å². The van der Waals surface area contributed by atoms with Gasteiger partial charge in [-0.3, -0.25) is 9.59 Å². The van der Waals surface area contributed by atoms with E-state index in [0.717, 1.165) is 10.9 Å². The molecule has 1 saturated heterocycles. The number of benzene rings is 2. The summed E-state index contributed by atoms with van der Waals surface area (Å²) in [4.78, 5) is 30.5. The van der Waals surface area contributed by atoms with Gasteiger partial charge in [-0.05, 0) is 44.0 Å². The minimum absolute atomic E-state index is 0.00357. The topological polar surface area (TPSA) is 82.6 Å². The van der Waals surface area contributed by atoms with Gasteiger partial charge in [0, 0.05) is 35.8 Å². The SMILES string of the molecule is CC(C)OCCCN1C(=O)C(=O)/C(=C(\O)c2c[nH]c3ccccc23)C1c1ccc(F)cc1. The van der Waals surface area contributed by atoms with Gasteiger partial charge in [-0.1, -0.05) is 30.3 Å². The Balaban J connectivity index is 1.78. The van der Waals surface area contributed by atoms with Gasteiger partial charge in [-0.15, -0.1) is 0 Å². The Kier molecular flexibility index (Phi) is 6.10. The highest BCUT2D eigenvalue weighted by Crippen LogP contribution is 2.40. The molecule has 0 radical (unpaired) electrons. The van der Waals surface area contributed by atoms with E-state index in [2.05, 4.69) is 4.98 Å². The van der Waals surface area contributed by atoms with Crippen LogP contribution in [0.25, 0.3) is 16.7 Å². The summed E-state index contributed by atoms with van der Waals surface area (Å²) in [5, 5.41) is 11.9. The van der Waals surface area contributed by atoms with Crippen LogP contribution in [0.5, 0.6) is 0 Å². The van der Waals surface area contributed by atoms with E-state index in [1.165, 1.54) is 29.2 Å². The van der Waals surface area contributed by atoms with Crippen LogP contribution in [0.1, 0.15) is 37.4 Å². The number of nitrogens with one attached hydrogen (secondary N) is 1. The average Bonchev–Trinajstić information content (AvgIpc) is 3.31. The summed E-state index contributed by atoms with van der Waals surface area (Å²) in [5.74, 6) is -2.12. The van der Waals surface area contributed by atoms with Crippen molar-refractivity contribution in [3.05, 3.63) is 77.2 Å². The predicted octanol–water partition coefficient (Wildman–Crippen LogP) is 4.54. The molecule has 2 heterocycles. The molecule has 1 atom stereocenters. The third kappa shape index (κ3) is 4.03. The highest BCUT2D eigenvalue weighted by atomic mass is 19.1. The third-order valence-electron chi connectivity index (χ3n) is 5.56. The smallest absolute Gasteiger partial charge is 0.295 e. The quantitative estimate of drug-likeness (QED) is 0.247. The van der Waals surface area contributed by atoms with Gasteiger partial charge in [0.25, 0.3) is 11.7 Å². The second kappa shape index (κ2) is 8.96. The minimum atomic E-state index is -0.816. The lowest BCUT2D eigenvalue weighted by Gasteiger charge is -2.25. The molecular formula is C25H25FN2O4. The summed E-state index contributed by atoms with van der Waals surface area (Å²) in [6, 6.07) is 12.2. The van der Waals surface area contributed by atoms with Crippen LogP contribution in [-0.4, -0.2) is 45.9 Å². The Bertz CT molecular complexity index is 1180. The van der Waals surface area contributed by atoms with Crippen molar-refractivity contribution in [3.8, 4) is 0 Å². The number of fused-ring (bicyclic) bond motifs is 1. The van der Waals surface area contributed by atoms with Gasteiger partial charge in [-0.25, -0.2) is 4.39 Å². The molecule has 1 amide bonds. The van der Waals surface area contributed by atoms with Gasteiger partial charge < -0.3 is 19.7 Å². The third-order valence-corrected chi connectivity index (χ3v) is 5.56. The van der Waals surface area contributed by atoms with Crippen LogP contribution in [0.15, 0.2) is 60.3 Å². The fraction of sp³-hybridized carbons (Fsp3) is 0.280. The number of hydrogen-bond acceptors (Lipinski definition) is 4. The first-order valence-electron chi connectivity index (χ1n) is 10.6. The monoisotopic (exact) mass is 436 g/mol. The first-order valence-corrected chi connectivity index (χ1v) is 10.6. The maximum absolute atomic E-state index is 13.6. The van der Waals surface area contributed by atoms with E-state index in [-0.39, 0.29) is 24.0 Å². The van der Waals surface area contributed by atoms with Crippen LogP contribution in [0.4, 0.5) is 4.39 Å². The standard InChI is InChI=1S/C25H25FN2O4/c1-15(2)32-13-5-12-28-22(16-8-10-17(26)11-9-16)21(24(30)25(28)31)23(29)19-14-27-20-7-4-3-6-18(19)20/h3-4,6-11,14-15,22,27,29H,5,12-13H2,1-2H3/b23-21-. The van der Waals surface area contributed by atoms with Crippen LogP contribution in [-0.2, 0) is 14.3 Å². The molecule has 4 rings (SSSR count). The van der Waals surface area contributed by atoms with Crippen molar-refractivity contribution in [1.82, 2.24) is 9.88 Å². The lowest BCUT2D eigenvalue weighted by Crippen LogP contribution is -2.31. The van der Waals surface area contributed by atoms with Crippen molar-refractivity contribution >= 4 is 28.4 Å². The molecule has 1 aromatic heterocycles. The zero-order valence-corrected chi connectivity index (χ0v) is 18.0. The number of para-hydroxylation sites is 1. The Labute approximate surface area is 185 Å². The second-order valence-electron chi connectivity index (χ2n) is 8.07. The number of carbonyl (C=O) groups excluding carboxylic acids is 2. The van der Waals surface area contributed by atoms with Crippen molar-refractivity contribution in [2.75, 3.05) is 13.2 Å². The predicted molar refractivity (Wildman–Crippen MR) is 119 cm³/mol. The van der Waals surface area contributed by atoms with Crippen molar-refractivity contribution < 1.29 is 23.8 Å². The molecule has 0 saturated carbocycles. The zero-order valence-electron chi connectivity index (χ0n) is 18.0. The highest BCUT2D eigenvalue weighted by Gasteiger charge is 2.46. The molecule has 2 aromatic carbocycles. The first-order chi connectivity index (χ1) is 15.4. The molecule has 1 fully saturated rings. The molecule has 3 aromatic rings. The summed E-state index contributed by atoms with van der Waals surface area (Å²) in [7, 11) is 0. The van der Waals surface area contributed by atoms with E-state index in [1.54, 1.807) is 6.20 Å². The Morgan fingerprint density at radius 2 is 1.88 bits per heavy atom. The highest BCUT2D eigenvalue weighted by molar-refractivity contribution is 6.46. The molecule has 7 heteroatoms. The first kappa shape index (κ1) is 21.8. The normalized spacial score (nSPS) is 18.2. The summed E-state index contributed by atoms with van der Waals surface area (Å²) >= 11 is 0. The van der Waals surface area contributed by atoms with Crippen LogP contribution in [0.2, 0.25) is 0 Å². The fourth-order valence-corrected chi connectivity index (χ4v) is 4.07. The number of H-pyrrole nitrogens is 1. The van der Waals surface area contributed by atoms with Crippen LogP contribution < -0.4 is 0 Å². The number of carbonyl (C=O) groups is 2. The molecule has 0 bridgehead atoms. The van der Waals surface area contributed by atoms with Crippen LogP contribution in [0, 0.1) is 5.82 Å². The van der Waals surface area contributed by atoms with Gasteiger partial charge in [-0.2, -0.15) is 0 Å². The van der Waals surface area contributed by atoms with Gasteiger partial charge in [0.1, 0.15) is 11.6 Å². The molecular weight excluding hydrogens is 411 g/mol. The van der Waals surface area contributed by atoms with E-state index < -0.39 is 23.5 Å². The average molecular weight is 436 g/mol. The lowest BCUT2D eigenvalue weighted by atomic mass is 9.95. The molecule has 6 nitrogen and oxygen atoms in total. The van der Waals surface area contributed by atoms with E-state index in [4.69, 9.17) is 4.74 Å². The second-order valence-corrected chi connectivity index (χ2v) is 8.07. The number of amides is 1. The zero-order chi connectivity index (χ0) is 22.8. The van der Waals surface area contributed by atoms with Crippen LogP contribution in [0.3, 0.4) is 0 Å². The number of hydrogen-bond donors (Lipinski definition) is 2. The molecule has 32 heavy (non-hydrogen) atoms. The van der Waals surface area contributed by atoms with Crippen molar-refractivity contribution in [2.24, 2.45) is 0 Å². The maximum atomic E-state index is 13.6. The number of rotatable bonds is 7. The molecule has 1 unspecified atom stereocenters. The van der Waals surface area contributed by atoms with E-state index in [1.807, 2.05) is 38.1 Å². The minimum Gasteiger partial charge on any atom is -0.507 e. The number of ketones is 1. The number of aromatic nitrogens is 1. The van der Waals surface area contributed by atoms with Gasteiger partial charge in [0.15, 0.2) is 0 Å². The van der Waals surface area contributed by atoms with Crippen molar-refractivity contribution in [1.29, 1.82) is 0 Å². The lowest BCUT2D eigenvalue weighted by molar-refractivity contribution is -0.140. The van der Waals surface area contributed by atoms with E-state index in [0.29, 0.717) is 24.2 Å². The van der Waals surface area contributed by atoms with Crippen LogP contribution >= 0.6 is 0 Å². The number of ether oxygens (including phenoxy) is 1. The number of nitrogens with zero attached hydrogens (tertiary/aromatic N) is 1. The number of aliphatic hydroxyl groups is 1. The summed E-state index contributed by atoms with van der Waals surface area (Å²) in [6.45, 7) is 4.54. The number of aliphatic hydroxyl groups excluding tert-OH is 1. The van der Waals surface area contributed by atoms with Gasteiger partial charge in [0.05, 0.1) is 17.7 Å². The van der Waals surface area contributed by atoms with Gasteiger partial charge >= 0.3 is 0 Å². The number of aromatic amines is 1. The van der Waals surface area contributed by atoms with E-state index in [9.17, 15) is 19.1 Å². The molecule has 0 spiro atoms. The molecule has 1 aliphatic rings. The maximum Gasteiger partial charge on any atom is 0.295 e. The Morgan fingerprint density at radius 3 is 2.59 bits per heavy atom.